The highest BCUT2D eigenvalue weighted by atomic mass is 16.5. The van der Waals surface area contributed by atoms with Crippen molar-refractivity contribution in [1.82, 2.24) is 14.9 Å². The Labute approximate surface area is 215 Å². The van der Waals surface area contributed by atoms with Crippen LogP contribution in [0.15, 0.2) is 34.9 Å². The molecule has 2 aromatic heterocycles. The molecular formula is C24H29B3N6O3. The highest BCUT2D eigenvalue weighted by molar-refractivity contribution is 6.59. The first-order valence-corrected chi connectivity index (χ1v) is 11.5. The molecule has 12 heteroatoms. The Morgan fingerprint density at radius 2 is 1.75 bits per heavy atom. The van der Waals surface area contributed by atoms with Crippen molar-refractivity contribution in [2.24, 2.45) is 11.1 Å². The third-order valence-electron chi connectivity index (χ3n) is 5.88. The third-order valence-corrected chi connectivity index (χ3v) is 5.88. The summed E-state index contributed by atoms with van der Waals surface area (Å²) in [7, 11) is 17.4. The Balaban J connectivity index is 1.81. The predicted octanol–water partition coefficient (Wildman–Crippen LogP) is 2.69. The van der Waals surface area contributed by atoms with Gasteiger partial charge >= 0.3 is 0 Å². The van der Waals surface area contributed by atoms with Gasteiger partial charge in [-0.2, -0.15) is 5.10 Å². The summed E-state index contributed by atoms with van der Waals surface area (Å²) >= 11 is 0. The SMILES string of the molecule is [B]C([B])([B])C(C)n1nc(-c2ccc(C(C)C(=O)Nc3cc(CC(C)(C)C)no3)cc2)c(C(N)=O)c1N. The van der Waals surface area contributed by atoms with E-state index in [1.807, 2.05) is 0 Å². The second-order valence-corrected chi connectivity index (χ2v) is 10.3. The van der Waals surface area contributed by atoms with Gasteiger partial charge in [-0.3, -0.25) is 14.9 Å². The number of carbonyl (C=O) groups excluding carboxylic acids is 2. The van der Waals surface area contributed by atoms with Gasteiger partial charge in [-0.1, -0.05) is 50.2 Å². The molecule has 0 aliphatic carbocycles. The normalized spacial score (nSPS) is 13.8. The van der Waals surface area contributed by atoms with Crippen LogP contribution in [0.25, 0.3) is 11.3 Å². The van der Waals surface area contributed by atoms with Gasteiger partial charge in [0.1, 0.15) is 17.1 Å². The highest BCUT2D eigenvalue weighted by Crippen LogP contribution is 2.35. The Morgan fingerprint density at radius 3 is 2.28 bits per heavy atom. The Morgan fingerprint density at radius 1 is 1.14 bits per heavy atom. The van der Waals surface area contributed by atoms with E-state index in [-0.39, 0.29) is 28.4 Å². The van der Waals surface area contributed by atoms with Crippen molar-refractivity contribution < 1.29 is 14.1 Å². The molecule has 2 heterocycles. The topological polar surface area (TPSA) is 142 Å². The van der Waals surface area contributed by atoms with E-state index in [1.165, 1.54) is 4.68 Å². The Hall–Kier alpha value is -3.43. The molecule has 0 fully saturated rings. The number of carbonyl (C=O) groups is 2. The van der Waals surface area contributed by atoms with Crippen molar-refractivity contribution in [3.05, 3.63) is 47.2 Å². The van der Waals surface area contributed by atoms with Crippen molar-refractivity contribution in [2.75, 3.05) is 11.1 Å². The van der Waals surface area contributed by atoms with Crippen LogP contribution >= 0.6 is 0 Å². The van der Waals surface area contributed by atoms with Crippen molar-refractivity contribution in [1.29, 1.82) is 0 Å². The average molecular weight is 482 g/mol. The van der Waals surface area contributed by atoms with Crippen LogP contribution in [0.1, 0.15) is 68.2 Å². The number of nitrogens with zero attached hydrogens (tertiary/aromatic N) is 3. The minimum Gasteiger partial charge on any atom is -0.383 e. The van der Waals surface area contributed by atoms with E-state index in [1.54, 1.807) is 44.2 Å². The van der Waals surface area contributed by atoms with Gasteiger partial charge in [-0.05, 0) is 31.2 Å². The Kier molecular flexibility index (Phi) is 7.48. The van der Waals surface area contributed by atoms with Crippen LogP contribution in [0, 0.1) is 5.41 Å². The maximum absolute atomic E-state index is 12.8. The van der Waals surface area contributed by atoms with E-state index in [4.69, 9.17) is 39.5 Å². The van der Waals surface area contributed by atoms with Crippen LogP contribution in [-0.4, -0.2) is 50.3 Å². The fourth-order valence-corrected chi connectivity index (χ4v) is 3.71. The van der Waals surface area contributed by atoms with Gasteiger partial charge in [0.15, 0.2) is 0 Å². The second kappa shape index (κ2) is 9.91. The minimum atomic E-state index is -1.63. The number of aromatic nitrogens is 3. The lowest BCUT2D eigenvalue weighted by molar-refractivity contribution is -0.117. The molecule has 2 atom stereocenters. The van der Waals surface area contributed by atoms with Crippen molar-refractivity contribution in [3.8, 4) is 11.3 Å². The number of amides is 2. The van der Waals surface area contributed by atoms with Crippen LogP contribution in [0.4, 0.5) is 11.7 Å². The first-order chi connectivity index (χ1) is 16.6. The van der Waals surface area contributed by atoms with Gasteiger partial charge in [-0.15, -0.1) is 5.11 Å². The number of nitrogens with two attached hydrogens (primary N) is 2. The smallest absolute Gasteiger partial charge is 0.254 e. The zero-order valence-electron chi connectivity index (χ0n) is 21.2. The summed E-state index contributed by atoms with van der Waals surface area (Å²) in [6.45, 7) is 9.68. The molecule has 3 aromatic rings. The lowest BCUT2D eigenvalue weighted by Gasteiger charge is -2.29. The average Bonchev–Trinajstić information content (AvgIpc) is 3.34. The lowest BCUT2D eigenvalue weighted by Crippen LogP contribution is -2.27. The zero-order valence-corrected chi connectivity index (χ0v) is 21.2. The first kappa shape index (κ1) is 27.2. The van der Waals surface area contributed by atoms with E-state index in [0.717, 1.165) is 17.7 Å². The zero-order chi connectivity index (χ0) is 27.0. The molecule has 0 saturated carbocycles. The standard InChI is InChI=1S/C24H29B3N6O3/c1-12(22(35)30-17-10-16(32-36-17)11-23(3,4)5)14-6-8-15(9-7-14)19-18(21(29)34)20(28)33(31-19)13(2)24(25,26)27/h6-10,12-13H,11,28H2,1-5H3,(H2,29,34)(H,30,35). The quantitative estimate of drug-likeness (QED) is 0.422. The molecule has 2 amide bonds. The summed E-state index contributed by atoms with van der Waals surface area (Å²) in [6.07, 6.45) is 0.721. The number of primary amides is 1. The molecule has 0 spiro atoms. The first-order valence-electron chi connectivity index (χ1n) is 11.5. The number of nitrogen functional groups attached to an aromatic ring is 1. The van der Waals surface area contributed by atoms with Crippen molar-refractivity contribution >= 4 is 47.1 Å². The molecule has 0 aliphatic heterocycles. The molecule has 5 N–H and O–H groups in total. The van der Waals surface area contributed by atoms with Crippen LogP contribution in [0.5, 0.6) is 0 Å². The molecule has 9 nitrogen and oxygen atoms in total. The van der Waals surface area contributed by atoms with Gasteiger partial charge in [-0.25, -0.2) is 4.68 Å². The molecule has 2 unspecified atom stereocenters. The van der Waals surface area contributed by atoms with E-state index < -0.39 is 23.0 Å². The van der Waals surface area contributed by atoms with Gasteiger partial charge in [0.05, 0.1) is 35.2 Å². The van der Waals surface area contributed by atoms with Crippen LogP contribution in [0.3, 0.4) is 0 Å². The van der Waals surface area contributed by atoms with Crippen molar-refractivity contribution in [3.63, 3.8) is 0 Å². The number of hydrogen-bond donors (Lipinski definition) is 3. The molecule has 3 rings (SSSR count). The summed E-state index contributed by atoms with van der Waals surface area (Å²) in [5.41, 5.74) is 14.1. The van der Waals surface area contributed by atoms with E-state index in [2.05, 4.69) is 36.3 Å². The van der Waals surface area contributed by atoms with Crippen LogP contribution < -0.4 is 16.8 Å². The van der Waals surface area contributed by atoms with Crippen LogP contribution in [-0.2, 0) is 11.2 Å². The molecule has 36 heavy (non-hydrogen) atoms. The summed E-state index contributed by atoms with van der Waals surface area (Å²) < 4.78 is 6.54. The minimum absolute atomic E-state index is 0.00503. The van der Waals surface area contributed by atoms with Crippen molar-refractivity contribution in [2.45, 2.75) is 58.1 Å². The summed E-state index contributed by atoms with van der Waals surface area (Å²) in [4.78, 5) is 24.9. The fraction of sp³-hybridized carbons (Fsp3) is 0.417. The number of nitrogens with one attached hydrogen (secondary N) is 1. The predicted molar refractivity (Wildman–Crippen MR) is 142 cm³/mol. The maximum Gasteiger partial charge on any atom is 0.254 e. The summed E-state index contributed by atoms with van der Waals surface area (Å²) in [5, 5.41) is 9.56. The van der Waals surface area contributed by atoms with Gasteiger partial charge in [0.25, 0.3) is 5.91 Å². The van der Waals surface area contributed by atoms with Gasteiger partial charge < -0.3 is 16.0 Å². The highest BCUT2D eigenvalue weighted by Gasteiger charge is 2.28. The van der Waals surface area contributed by atoms with E-state index >= 15 is 0 Å². The van der Waals surface area contributed by atoms with Gasteiger partial charge in [0, 0.05) is 17.7 Å². The van der Waals surface area contributed by atoms with Gasteiger partial charge in [0.2, 0.25) is 11.8 Å². The number of benzene rings is 1. The molecule has 182 valence electrons. The molecule has 6 radical (unpaired) electrons. The number of anilines is 2. The molecular weight excluding hydrogens is 453 g/mol. The molecule has 0 bridgehead atoms. The molecule has 1 aromatic carbocycles. The second-order valence-electron chi connectivity index (χ2n) is 10.3. The maximum atomic E-state index is 12.8. The summed E-state index contributed by atoms with van der Waals surface area (Å²) in [6, 6.07) is 7.95. The lowest BCUT2D eigenvalue weighted by atomic mass is 9.40. The Bertz CT molecular complexity index is 1260. The third kappa shape index (κ3) is 6.03. The molecule has 0 aliphatic rings. The van der Waals surface area contributed by atoms with Crippen LogP contribution in [0.2, 0.25) is 5.11 Å². The fourth-order valence-electron chi connectivity index (χ4n) is 3.71. The number of rotatable bonds is 8. The monoisotopic (exact) mass is 482 g/mol. The number of hydrogen-bond acceptors (Lipinski definition) is 6. The van der Waals surface area contributed by atoms with E-state index in [9.17, 15) is 9.59 Å². The summed E-state index contributed by atoms with van der Waals surface area (Å²) in [5.74, 6) is -1.22. The largest absolute Gasteiger partial charge is 0.383 e. The van der Waals surface area contributed by atoms with E-state index in [0.29, 0.717) is 11.4 Å². The molecule has 0 saturated heterocycles.